The fourth-order valence-corrected chi connectivity index (χ4v) is 2.80. The first kappa shape index (κ1) is 19.7. The van der Waals surface area contributed by atoms with Crippen LogP contribution in [-0.2, 0) is 4.79 Å². The van der Waals surface area contributed by atoms with Crippen molar-refractivity contribution >= 4 is 12.0 Å². The molecular formula is C18H26N2O6. The fourth-order valence-electron chi connectivity index (χ4n) is 2.80. The van der Waals surface area contributed by atoms with Gasteiger partial charge in [-0.1, -0.05) is 0 Å². The molecule has 1 saturated heterocycles. The van der Waals surface area contributed by atoms with Gasteiger partial charge in [0.15, 0.2) is 0 Å². The molecule has 0 aliphatic carbocycles. The van der Waals surface area contributed by atoms with E-state index in [1.165, 1.54) is 0 Å². The number of carbonyl (C=O) groups excluding carboxylic acids is 1. The summed E-state index contributed by atoms with van der Waals surface area (Å²) in [7, 11) is 3.15. The van der Waals surface area contributed by atoms with Gasteiger partial charge in [-0.2, -0.15) is 0 Å². The molecular weight excluding hydrogens is 340 g/mol. The predicted octanol–water partition coefficient (Wildman–Crippen LogP) is 1.98. The number of hydrogen-bond acceptors (Lipinski definition) is 5. The number of piperidine rings is 1. The summed E-state index contributed by atoms with van der Waals surface area (Å²) < 4.78 is 16.0. The quantitative estimate of drug-likeness (QED) is 0.683. The number of nitrogens with zero attached hydrogens (tertiary/aromatic N) is 1. The number of likely N-dealkylation sites (tertiary alicyclic amines) is 1. The molecule has 1 atom stereocenters. The van der Waals surface area contributed by atoms with E-state index >= 15 is 0 Å². The van der Waals surface area contributed by atoms with Gasteiger partial charge in [-0.25, -0.2) is 4.79 Å². The van der Waals surface area contributed by atoms with Gasteiger partial charge < -0.3 is 29.5 Å². The lowest BCUT2D eigenvalue weighted by Crippen LogP contribution is -2.47. The Hall–Kier alpha value is -2.64. The minimum Gasteiger partial charge on any atom is -0.496 e. The monoisotopic (exact) mass is 366 g/mol. The molecule has 0 aromatic heterocycles. The number of hydrogen-bond donors (Lipinski definition) is 2. The van der Waals surface area contributed by atoms with Crippen molar-refractivity contribution in [3.05, 3.63) is 18.2 Å². The Balaban J connectivity index is 1.70. The zero-order valence-corrected chi connectivity index (χ0v) is 15.2. The summed E-state index contributed by atoms with van der Waals surface area (Å²) in [6, 6.07) is 5.07. The van der Waals surface area contributed by atoms with Gasteiger partial charge >= 0.3 is 12.0 Å². The third-order valence-corrected chi connectivity index (χ3v) is 4.25. The van der Waals surface area contributed by atoms with Gasteiger partial charge in [0.1, 0.15) is 17.2 Å². The molecule has 2 rings (SSSR count). The first-order chi connectivity index (χ1) is 12.5. The molecule has 1 heterocycles. The number of rotatable bonds is 8. The number of carboxylic acid groups (broad SMARTS) is 1. The number of nitrogens with one attached hydrogen (secondary N) is 1. The molecule has 0 spiro atoms. The molecule has 8 nitrogen and oxygen atoms in total. The van der Waals surface area contributed by atoms with E-state index < -0.39 is 11.9 Å². The molecule has 1 aliphatic heterocycles. The van der Waals surface area contributed by atoms with Crippen molar-refractivity contribution in [1.82, 2.24) is 10.2 Å². The maximum absolute atomic E-state index is 12.1. The van der Waals surface area contributed by atoms with Crippen LogP contribution >= 0.6 is 0 Å². The Labute approximate surface area is 153 Å². The lowest BCUT2D eigenvalue weighted by Gasteiger charge is -2.30. The molecule has 1 aromatic carbocycles. The maximum atomic E-state index is 12.1. The zero-order chi connectivity index (χ0) is 18.9. The molecule has 1 fully saturated rings. The molecule has 2 amide bonds. The maximum Gasteiger partial charge on any atom is 0.317 e. The van der Waals surface area contributed by atoms with E-state index in [0.29, 0.717) is 56.2 Å². The van der Waals surface area contributed by atoms with Crippen LogP contribution in [0.25, 0.3) is 0 Å². The Bertz CT molecular complexity index is 599. The van der Waals surface area contributed by atoms with Gasteiger partial charge in [0.05, 0.1) is 26.7 Å². The van der Waals surface area contributed by atoms with Crippen LogP contribution in [0.5, 0.6) is 17.2 Å². The molecule has 26 heavy (non-hydrogen) atoms. The average molecular weight is 366 g/mol. The summed E-state index contributed by atoms with van der Waals surface area (Å²) in [5.41, 5.74) is 0. The Morgan fingerprint density at radius 1 is 1.19 bits per heavy atom. The van der Waals surface area contributed by atoms with Crippen molar-refractivity contribution in [2.45, 2.75) is 19.3 Å². The van der Waals surface area contributed by atoms with E-state index in [9.17, 15) is 9.59 Å². The number of urea groups is 1. The Morgan fingerprint density at radius 3 is 2.46 bits per heavy atom. The number of ether oxygens (including phenoxy) is 3. The molecule has 0 bridgehead atoms. The Morgan fingerprint density at radius 2 is 1.85 bits per heavy atom. The molecule has 0 saturated carbocycles. The highest BCUT2D eigenvalue weighted by Gasteiger charge is 2.27. The van der Waals surface area contributed by atoms with Crippen molar-refractivity contribution in [3.63, 3.8) is 0 Å². The summed E-state index contributed by atoms with van der Waals surface area (Å²) >= 11 is 0. The van der Waals surface area contributed by atoms with E-state index in [2.05, 4.69) is 5.32 Å². The zero-order valence-electron chi connectivity index (χ0n) is 15.2. The first-order valence-corrected chi connectivity index (χ1v) is 8.65. The van der Waals surface area contributed by atoms with E-state index in [4.69, 9.17) is 19.3 Å². The predicted molar refractivity (Wildman–Crippen MR) is 95.0 cm³/mol. The summed E-state index contributed by atoms with van der Waals surface area (Å²) in [4.78, 5) is 24.7. The van der Waals surface area contributed by atoms with Crippen molar-refractivity contribution < 1.29 is 28.9 Å². The van der Waals surface area contributed by atoms with Gasteiger partial charge in [-0.15, -0.1) is 0 Å². The van der Waals surface area contributed by atoms with Crippen molar-refractivity contribution in [2.24, 2.45) is 5.92 Å². The third-order valence-electron chi connectivity index (χ3n) is 4.25. The van der Waals surface area contributed by atoms with Crippen LogP contribution in [0.2, 0.25) is 0 Å². The average Bonchev–Trinajstić information content (AvgIpc) is 2.67. The number of methoxy groups -OCH3 is 2. The lowest BCUT2D eigenvalue weighted by molar-refractivity contribution is -0.143. The normalized spacial score (nSPS) is 16.7. The number of aliphatic carboxylic acids is 1. The molecule has 1 aliphatic rings. The van der Waals surface area contributed by atoms with Gasteiger partial charge in [0.2, 0.25) is 0 Å². The van der Waals surface area contributed by atoms with E-state index in [0.717, 1.165) is 0 Å². The highest BCUT2D eigenvalue weighted by atomic mass is 16.5. The smallest absolute Gasteiger partial charge is 0.317 e. The van der Waals surface area contributed by atoms with Crippen LogP contribution in [0.15, 0.2) is 18.2 Å². The summed E-state index contributed by atoms with van der Waals surface area (Å²) in [6.45, 7) is 1.74. The number of carbonyl (C=O) groups is 2. The molecule has 1 unspecified atom stereocenters. The van der Waals surface area contributed by atoms with Crippen LogP contribution in [-0.4, -0.2) is 62.5 Å². The second kappa shape index (κ2) is 9.74. The minimum atomic E-state index is -0.843. The van der Waals surface area contributed by atoms with Gasteiger partial charge in [-0.05, 0) is 19.3 Å². The second-order valence-corrected chi connectivity index (χ2v) is 6.11. The van der Waals surface area contributed by atoms with Crippen LogP contribution < -0.4 is 19.5 Å². The molecule has 0 radical (unpaired) electrons. The van der Waals surface area contributed by atoms with E-state index in [1.807, 2.05) is 0 Å². The van der Waals surface area contributed by atoms with Crippen molar-refractivity contribution in [2.75, 3.05) is 40.5 Å². The lowest BCUT2D eigenvalue weighted by atomic mass is 9.99. The summed E-state index contributed by atoms with van der Waals surface area (Å²) in [5, 5.41) is 11.9. The SMILES string of the molecule is COc1cc(OC)cc(OCCCNC(=O)N2CCCC(C(=O)O)C2)c1. The van der Waals surface area contributed by atoms with Crippen molar-refractivity contribution in [3.8, 4) is 17.2 Å². The van der Waals surface area contributed by atoms with Crippen LogP contribution in [0.4, 0.5) is 4.79 Å². The number of benzene rings is 1. The van der Waals surface area contributed by atoms with Gasteiger partial charge in [-0.3, -0.25) is 4.79 Å². The minimum absolute atomic E-state index is 0.223. The van der Waals surface area contributed by atoms with Gasteiger partial charge in [0, 0.05) is 37.8 Å². The highest BCUT2D eigenvalue weighted by molar-refractivity contribution is 5.76. The highest BCUT2D eigenvalue weighted by Crippen LogP contribution is 2.27. The third kappa shape index (κ3) is 5.72. The van der Waals surface area contributed by atoms with Gasteiger partial charge in [0.25, 0.3) is 0 Å². The van der Waals surface area contributed by atoms with Crippen molar-refractivity contribution in [1.29, 1.82) is 0 Å². The molecule has 144 valence electrons. The fraction of sp³-hybridized carbons (Fsp3) is 0.556. The summed E-state index contributed by atoms with van der Waals surface area (Å²) in [5.74, 6) is 0.606. The molecule has 8 heteroatoms. The second-order valence-electron chi connectivity index (χ2n) is 6.11. The van der Waals surface area contributed by atoms with E-state index in [1.54, 1.807) is 37.3 Å². The Kier molecular flexibility index (Phi) is 7.37. The topological polar surface area (TPSA) is 97.3 Å². The largest absolute Gasteiger partial charge is 0.496 e. The number of amides is 2. The van der Waals surface area contributed by atoms with Crippen LogP contribution in [0.1, 0.15) is 19.3 Å². The van der Waals surface area contributed by atoms with E-state index in [-0.39, 0.29) is 12.6 Å². The number of carboxylic acids is 1. The van der Waals surface area contributed by atoms with Crippen LogP contribution in [0, 0.1) is 5.92 Å². The molecule has 2 N–H and O–H groups in total. The standard InChI is InChI=1S/C18H26N2O6/c1-24-14-9-15(25-2)11-16(10-14)26-8-4-6-19-18(23)20-7-3-5-13(12-20)17(21)22/h9-11,13H,3-8,12H2,1-2H3,(H,19,23)(H,21,22). The molecule has 1 aromatic rings. The first-order valence-electron chi connectivity index (χ1n) is 8.65. The summed E-state index contributed by atoms with van der Waals surface area (Å²) in [6.07, 6.45) is 1.96. The van der Waals surface area contributed by atoms with Crippen LogP contribution in [0.3, 0.4) is 0 Å².